The summed E-state index contributed by atoms with van der Waals surface area (Å²) in [6.07, 6.45) is 2.61. The maximum absolute atomic E-state index is 12.3. The summed E-state index contributed by atoms with van der Waals surface area (Å²) in [6, 6.07) is 0. The van der Waals surface area contributed by atoms with Crippen LogP contribution in [0.5, 0.6) is 0 Å². The van der Waals surface area contributed by atoms with E-state index in [9.17, 15) is 9.59 Å². The molecule has 3 rings (SSSR count). The lowest BCUT2D eigenvalue weighted by Gasteiger charge is -2.38. The summed E-state index contributed by atoms with van der Waals surface area (Å²) in [5.41, 5.74) is 0.0346. The third-order valence-electron chi connectivity index (χ3n) is 4.17. The highest BCUT2D eigenvalue weighted by Gasteiger charge is 2.48. The minimum absolute atomic E-state index is 0.102. The third-order valence-corrected chi connectivity index (χ3v) is 4.67. The number of hydrogen-bond donors (Lipinski definition) is 0. The highest BCUT2D eigenvalue weighted by atomic mass is 32.1. The predicted molar refractivity (Wildman–Crippen MR) is 69.7 cm³/mol. The first-order valence-electron chi connectivity index (χ1n) is 6.44. The predicted octanol–water partition coefficient (Wildman–Crippen LogP) is 0.623. The van der Waals surface area contributed by atoms with Gasteiger partial charge in [0, 0.05) is 32.1 Å². The van der Waals surface area contributed by atoms with Crippen LogP contribution in [0.15, 0.2) is 5.38 Å². The minimum atomic E-state index is -0.355. The number of amides is 2. The van der Waals surface area contributed by atoms with Crippen LogP contribution in [0.2, 0.25) is 0 Å². The van der Waals surface area contributed by atoms with Crippen molar-refractivity contribution in [3.63, 3.8) is 0 Å². The molecule has 0 bridgehead atoms. The van der Waals surface area contributed by atoms with E-state index in [1.54, 1.807) is 15.2 Å². The van der Waals surface area contributed by atoms with E-state index in [1.807, 2.05) is 7.05 Å². The number of nitrogens with zero attached hydrogens (tertiary/aromatic N) is 4. The lowest BCUT2D eigenvalue weighted by atomic mass is 9.78. The van der Waals surface area contributed by atoms with E-state index in [4.69, 9.17) is 0 Å². The molecule has 1 unspecified atom stereocenters. The second-order valence-electron chi connectivity index (χ2n) is 5.38. The van der Waals surface area contributed by atoms with Crippen molar-refractivity contribution in [2.75, 3.05) is 26.7 Å². The molecule has 19 heavy (non-hydrogen) atoms. The van der Waals surface area contributed by atoms with Crippen molar-refractivity contribution in [2.45, 2.75) is 19.3 Å². The molecule has 1 aromatic rings. The van der Waals surface area contributed by atoms with Crippen LogP contribution in [-0.2, 0) is 4.79 Å². The Hall–Kier alpha value is -1.50. The molecule has 2 amide bonds. The van der Waals surface area contributed by atoms with E-state index < -0.39 is 0 Å². The number of aromatic nitrogens is 2. The Morgan fingerprint density at radius 3 is 2.89 bits per heavy atom. The van der Waals surface area contributed by atoms with Gasteiger partial charge in [-0.15, -0.1) is 5.10 Å². The molecule has 0 saturated carbocycles. The lowest BCUT2D eigenvalue weighted by Crippen LogP contribution is -2.49. The monoisotopic (exact) mass is 280 g/mol. The molecule has 2 fully saturated rings. The smallest absolute Gasteiger partial charge is 0.275 e. The molecule has 0 aliphatic carbocycles. The van der Waals surface area contributed by atoms with E-state index >= 15 is 0 Å². The van der Waals surface area contributed by atoms with Gasteiger partial charge in [-0.05, 0) is 30.8 Å². The van der Waals surface area contributed by atoms with Gasteiger partial charge in [0.1, 0.15) is 0 Å². The number of rotatable bonds is 1. The third kappa shape index (κ3) is 2.01. The second kappa shape index (κ2) is 4.56. The molecule has 2 aliphatic heterocycles. The molecule has 1 atom stereocenters. The first kappa shape index (κ1) is 12.5. The van der Waals surface area contributed by atoms with E-state index in [-0.39, 0.29) is 17.2 Å². The summed E-state index contributed by atoms with van der Waals surface area (Å²) in [5, 5.41) is 5.48. The Morgan fingerprint density at radius 2 is 2.26 bits per heavy atom. The number of likely N-dealkylation sites (tertiary alicyclic amines) is 2. The summed E-state index contributed by atoms with van der Waals surface area (Å²) in [5.74, 6) is 0.0802. The first-order valence-corrected chi connectivity index (χ1v) is 7.28. The summed E-state index contributed by atoms with van der Waals surface area (Å²) < 4.78 is 3.72. The van der Waals surface area contributed by atoms with Crippen LogP contribution in [0, 0.1) is 5.41 Å². The molecule has 1 aromatic heterocycles. The fourth-order valence-electron chi connectivity index (χ4n) is 3.10. The molecular weight excluding hydrogens is 264 g/mol. The van der Waals surface area contributed by atoms with Crippen LogP contribution in [0.1, 0.15) is 29.8 Å². The quantitative estimate of drug-likeness (QED) is 0.756. The molecule has 1 spiro atoms. The average molecular weight is 280 g/mol. The number of carbonyl (C=O) groups is 2. The van der Waals surface area contributed by atoms with Gasteiger partial charge in [0.15, 0.2) is 5.69 Å². The highest BCUT2D eigenvalue weighted by molar-refractivity contribution is 7.03. The molecule has 102 valence electrons. The summed E-state index contributed by atoms with van der Waals surface area (Å²) in [7, 11) is 1.84. The molecule has 2 aliphatic rings. The van der Waals surface area contributed by atoms with Crippen LogP contribution >= 0.6 is 11.5 Å². The van der Waals surface area contributed by atoms with Gasteiger partial charge in [-0.25, -0.2) is 0 Å². The molecule has 0 aromatic carbocycles. The minimum Gasteiger partial charge on any atom is -0.345 e. The average Bonchev–Trinajstić information content (AvgIpc) is 3.04. The summed E-state index contributed by atoms with van der Waals surface area (Å²) in [4.78, 5) is 28.1. The molecule has 2 saturated heterocycles. The van der Waals surface area contributed by atoms with Gasteiger partial charge < -0.3 is 9.80 Å². The Bertz CT molecular complexity index is 500. The highest BCUT2D eigenvalue weighted by Crippen LogP contribution is 2.39. The Morgan fingerprint density at radius 1 is 1.42 bits per heavy atom. The standard InChI is InChI=1S/C12H16N4O2S/c1-15-6-4-12(11(15)18)3-2-5-16(8-12)10(17)9-7-19-14-13-9/h7H,2-6,8H2,1H3. The molecule has 6 nitrogen and oxygen atoms in total. The van der Waals surface area contributed by atoms with E-state index in [0.717, 1.165) is 25.8 Å². The van der Waals surface area contributed by atoms with Crippen LogP contribution in [0.4, 0.5) is 0 Å². The Kier molecular flexibility index (Phi) is 3.00. The number of carbonyl (C=O) groups excluding carboxylic acids is 2. The number of piperidine rings is 1. The Balaban J connectivity index is 1.79. The first-order chi connectivity index (χ1) is 9.12. The van der Waals surface area contributed by atoms with Gasteiger partial charge in [-0.3, -0.25) is 9.59 Å². The van der Waals surface area contributed by atoms with Crippen LogP contribution in [-0.4, -0.2) is 57.9 Å². The van der Waals surface area contributed by atoms with Crippen molar-refractivity contribution in [2.24, 2.45) is 5.41 Å². The molecule has 7 heteroatoms. The van der Waals surface area contributed by atoms with Gasteiger partial charge in [0.2, 0.25) is 5.91 Å². The lowest BCUT2D eigenvalue weighted by molar-refractivity contribution is -0.137. The van der Waals surface area contributed by atoms with Crippen molar-refractivity contribution in [3.05, 3.63) is 11.1 Å². The fraction of sp³-hybridized carbons (Fsp3) is 0.667. The fourth-order valence-corrected chi connectivity index (χ4v) is 3.53. The van der Waals surface area contributed by atoms with Crippen molar-refractivity contribution in [3.8, 4) is 0 Å². The van der Waals surface area contributed by atoms with Crippen LogP contribution in [0.3, 0.4) is 0 Å². The van der Waals surface area contributed by atoms with E-state index in [0.29, 0.717) is 18.8 Å². The zero-order valence-corrected chi connectivity index (χ0v) is 11.7. The zero-order valence-electron chi connectivity index (χ0n) is 10.8. The normalized spacial score (nSPS) is 27.3. The van der Waals surface area contributed by atoms with Gasteiger partial charge in [0.05, 0.1) is 5.41 Å². The van der Waals surface area contributed by atoms with Crippen molar-refractivity contribution < 1.29 is 9.59 Å². The van der Waals surface area contributed by atoms with Crippen molar-refractivity contribution in [1.82, 2.24) is 19.4 Å². The van der Waals surface area contributed by atoms with Gasteiger partial charge in [0.25, 0.3) is 5.91 Å². The summed E-state index contributed by atoms with van der Waals surface area (Å²) >= 11 is 1.17. The van der Waals surface area contributed by atoms with E-state index in [1.165, 1.54) is 11.5 Å². The molecule has 3 heterocycles. The number of hydrogen-bond acceptors (Lipinski definition) is 5. The maximum atomic E-state index is 12.3. The molecular formula is C12H16N4O2S. The van der Waals surface area contributed by atoms with Gasteiger partial charge >= 0.3 is 0 Å². The van der Waals surface area contributed by atoms with Crippen molar-refractivity contribution in [1.29, 1.82) is 0 Å². The Labute approximate surface area is 115 Å². The largest absolute Gasteiger partial charge is 0.345 e. The van der Waals surface area contributed by atoms with Gasteiger partial charge in [-0.2, -0.15) is 0 Å². The van der Waals surface area contributed by atoms with Crippen molar-refractivity contribution >= 4 is 23.3 Å². The summed E-state index contributed by atoms with van der Waals surface area (Å²) in [6.45, 7) is 2.01. The van der Waals surface area contributed by atoms with Crippen LogP contribution in [0.25, 0.3) is 0 Å². The topological polar surface area (TPSA) is 66.4 Å². The van der Waals surface area contributed by atoms with Crippen LogP contribution < -0.4 is 0 Å². The second-order valence-corrected chi connectivity index (χ2v) is 5.99. The van der Waals surface area contributed by atoms with Gasteiger partial charge in [-0.1, -0.05) is 4.49 Å². The SMILES string of the molecule is CN1CCC2(CCCN(C(=O)c3csnn3)C2)C1=O. The van der Waals surface area contributed by atoms with E-state index in [2.05, 4.69) is 9.59 Å². The molecule has 0 N–H and O–H groups in total. The molecule has 0 radical (unpaired) electrons. The maximum Gasteiger partial charge on any atom is 0.275 e. The zero-order chi connectivity index (χ0) is 13.5.